The van der Waals surface area contributed by atoms with E-state index in [-0.39, 0.29) is 5.91 Å². The van der Waals surface area contributed by atoms with Crippen LogP contribution in [0.3, 0.4) is 0 Å². The average Bonchev–Trinajstić information content (AvgIpc) is 2.56. The topological polar surface area (TPSA) is 103 Å². The van der Waals surface area contributed by atoms with Crippen molar-refractivity contribution in [3.63, 3.8) is 0 Å². The lowest BCUT2D eigenvalue weighted by Gasteiger charge is -2.20. The normalized spacial score (nSPS) is 10.8. The van der Waals surface area contributed by atoms with Crippen molar-refractivity contribution in [1.82, 2.24) is 0 Å². The highest BCUT2D eigenvalue weighted by Gasteiger charge is 2.17. The van der Waals surface area contributed by atoms with Crippen molar-refractivity contribution in [3.05, 3.63) is 48.0 Å². The Morgan fingerprint density at radius 3 is 2.23 bits per heavy atom. The number of carbonyl (C=O) groups excluding carboxylic acids is 2. The SMILES string of the molecule is COc1ccc(C(=O)Nc2cc(NC(=O)OC(C)(C)C)ccc2N)cc1. The Hall–Kier alpha value is -3.22. The molecule has 0 spiro atoms. The van der Waals surface area contributed by atoms with Crippen LogP contribution in [0.5, 0.6) is 5.75 Å². The molecule has 0 radical (unpaired) electrons. The standard InChI is InChI=1S/C19H23N3O4/c1-19(2,3)26-18(24)21-13-7-10-15(20)16(11-13)22-17(23)12-5-8-14(25-4)9-6-12/h5-11H,20H2,1-4H3,(H,21,24)(H,22,23). The van der Waals surface area contributed by atoms with E-state index in [1.165, 1.54) is 0 Å². The van der Waals surface area contributed by atoms with Gasteiger partial charge >= 0.3 is 6.09 Å². The molecule has 7 heteroatoms. The molecule has 0 bridgehead atoms. The summed E-state index contributed by atoms with van der Waals surface area (Å²) in [6, 6.07) is 11.5. The zero-order valence-corrected chi connectivity index (χ0v) is 15.3. The number of hydrogen-bond donors (Lipinski definition) is 3. The number of hydrogen-bond acceptors (Lipinski definition) is 5. The van der Waals surface area contributed by atoms with Crippen molar-refractivity contribution >= 4 is 29.1 Å². The minimum absolute atomic E-state index is 0.325. The van der Waals surface area contributed by atoms with Crippen LogP contribution in [0, 0.1) is 0 Å². The molecular weight excluding hydrogens is 334 g/mol. The Labute approximate surface area is 152 Å². The number of nitrogen functional groups attached to an aromatic ring is 1. The van der Waals surface area contributed by atoms with Crippen molar-refractivity contribution in [1.29, 1.82) is 0 Å². The molecule has 0 unspecified atom stereocenters. The van der Waals surface area contributed by atoms with Gasteiger partial charge in [0.25, 0.3) is 5.91 Å². The molecule has 2 aromatic carbocycles. The van der Waals surface area contributed by atoms with Crippen LogP contribution in [0.2, 0.25) is 0 Å². The van der Waals surface area contributed by atoms with E-state index in [0.717, 1.165) is 0 Å². The Kier molecular flexibility index (Phi) is 5.71. The lowest BCUT2D eigenvalue weighted by molar-refractivity contribution is 0.0636. The zero-order chi connectivity index (χ0) is 19.3. The fraction of sp³-hybridized carbons (Fsp3) is 0.263. The number of methoxy groups -OCH3 is 1. The summed E-state index contributed by atoms with van der Waals surface area (Å²) in [5.74, 6) is 0.332. The van der Waals surface area contributed by atoms with E-state index < -0.39 is 11.7 Å². The number of anilines is 3. The third-order valence-electron chi connectivity index (χ3n) is 3.30. The van der Waals surface area contributed by atoms with Crippen LogP contribution in [0.25, 0.3) is 0 Å². The molecule has 0 saturated heterocycles. The molecule has 0 saturated carbocycles. The fourth-order valence-corrected chi connectivity index (χ4v) is 2.10. The highest BCUT2D eigenvalue weighted by atomic mass is 16.6. The van der Waals surface area contributed by atoms with Gasteiger partial charge in [0.2, 0.25) is 0 Å². The lowest BCUT2D eigenvalue weighted by atomic mass is 10.2. The van der Waals surface area contributed by atoms with Gasteiger partial charge in [-0.05, 0) is 63.2 Å². The van der Waals surface area contributed by atoms with E-state index >= 15 is 0 Å². The summed E-state index contributed by atoms with van der Waals surface area (Å²) in [5, 5.41) is 5.34. The van der Waals surface area contributed by atoms with Crippen molar-refractivity contribution in [2.24, 2.45) is 0 Å². The summed E-state index contributed by atoms with van der Waals surface area (Å²) < 4.78 is 10.3. The van der Waals surface area contributed by atoms with Crippen LogP contribution in [0.15, 0.2) is 42.5 Å². The predicted molar refractivity (Wildman–Crippen MR) is 102 cm³/mol. The Balaban J connectivity index is 2.11. The predicted octanol–water partition coefficient (Wildman–Crippen LogP) is 3.88. The molecular formula is C19H23N3O4. The number of benzene rings is 2. The van der Waals surface area contributed by atoms with E-state index in [1.54, 1.807) is 70.3 Å². The maximum Gasteiger partial charge on any atom is 0.412 e. The smallest absolute Gasteiger partial charge is 0.412 e. The van der Waals surface area contributed by atoms with Gasteiger partial charge in [0.1, 0.15) is 11.4 Å². The van der Waals surface area contributed by atoms with Crippen molar-refractivity contribution in [2.75, 3.05) is 23.5 Å². The molecule has 0 heterocycles. The molecule has 138 valence electrons. The van der Waals surface area contributed by atoms with Gasteiger partial charge in [-0.2, -0.15) is 0 Å². The fourth-order valence-electron chi connectivity index (χ4n) is 2.10. The van der Waals surface area contributed by atoms with Gasteiger partial charge in [0.05, 0.1) is 18.5 Å². The molecule has 0 aliphatic heterocycles. The van der Waals surface area contributed by atoms with Gasteiger partial charge in [0.15, 0.2) is 0 Å². The highest BCUT2D eigenvalue weighted by Crippen LogP contribution is 2.24. The molecule has 7 nitrogen and oxygen atoms in total. The first-order valence-electron chi connectivity index (χ1n) is 8.03. The first-order valence-corrected chi connectivity index (χ1v) is 8.03. The minimum Gasteiger partial charge on any atom is -0.497 e. The quantitative estimate of drug-likeness (QED) is 0.721. The summed E-state index contributed by atoms with van der Waals surface area (Å²) in [5.41, 5.74) is 6.98. The largest absolute Gasteiger partial charge is 0.497 e. The molecule has 0 aliphatic rings. The lowest BCUT2D eigenvalue weighted by Crippen LogP contribution is -2.27. The van der Waals surface area contributed by atoms with E-state index in [0.29, 0.717) is 28.4 Å². The molecule has 0 atom stereocenters. The van der Waals surface area contributed by atoms with Gasteiger partial charge in [0, 0.05) is 11.3 Å². The highest BCUT2D eigenvalue weighted by molar-refractivity contribution is 6.06. The number of rotatable bonds is 4. The molecule has 2 aromatic rings. The van der Waals surface area contributed by atoms with E-state index in [4.69, 9.17) is 15.2 Å². The molecule has 0 aromatic heterocycles. The Morgan fingerprint density at radius 1 is 1.00 bits per heavy atom. The molecule has 0 aliphatic carbocycles. The molecule has 2 rings (SSSR count). The third kappa shape index (κ3) is 5.41. The van der Waals surface area contributed by atoms with Crippen LogP contribution in [0.4, 0.5) is 21.9 Å². The van der Waals surface area contributed by atoms with E-state index in [9.17, 15) is 9.59 Å². The van der Waals surface area contributed by atoms with Crippen molar-refractivity contribution < 1.29 is 19.1 Å². The number of carbonyl (C=O) groups is 2. The van der Waals surface area contributed by atoms with E-state index in [2.05, 4.69) is 10.6 Å². The van der Waals surface area contributed by atoms with E-state index in [1.807, 2.05) is 0 Å². The number of ether oxygens (including phenoxy) is 2. The van der Waals surface area contributed by atoms with Crippen LogP contribution < -0.4 is 21.1 Å². The third-order valence-corrected chi connectivity index (χ3v) is 3.30. The maximum absolute atomic E-state index is 12.4. The molecule has 4 N–H and O–H groups in total. The summed E-state index contributed by atoms with van der Waals surface area (Å²) in [6.07, 6.45) is -0.588. The Bertz CT molecular complexity index is 795. The maximum atomic E-state index is 12.4. The summed E-state index contributed by atoms with van der Waals surface area (Å²) in [4.78, 5) is 24.2. The van der Waals surface area contributed by atoms with Gasteiger partial charge in [-0.25, -0.2) is 4.79 Å². The van der Waals surface area contributed by atoms with Gasteiger partial charge in [-0.15, -0.1) is 0 Å². The summed E-state index contributed by atoms with van der Waals surface area (Å²) >= 11 is 0. The zero-order valence-electron chi connectivity index (χ0n) is 15.3. The van der Waals surface area contributed by atoms with Crippen LogP contribution in [0.1, 0.15) is 31.1 Å². The van der Waals surface area contributed by atoms with Crippen LogP contribution >= 0.6 is 0 Å². The van der Waals surface area contributed by atoms with Crippen molar-refractivity contribution in [3.8, 4) is 5.75 Å². The van der Waals surface area contributed by atoms with Gasteiger partial charge in [-0.1, -0.05) is 0 Å². The summed E-state index contributed by atoms with van der Waals surface area (Å²) in [6.45, 7) is 5.32. The second-order valence-electron chi connectivity index (χ2n) is 6.61. The summed E-state index contributed by atoms with van der Waals surface area (Å²) in [7, 11) is 1.55. The van der Waals surface area contributed by atoms with Crippen LogP contribution in [-0.2, 0) is 4.74 Å². The molecule has 26 heavy (non-hydrogen) atoms. The average molecular weight is 357 g/mol. The monoisotopic (exact) mass is 357 g/mol. The first-order chi connectivity index (χ1) is 12.2. The second kappa shape index (κ2) is 7.77. The number of amides is 2. The number of nitrogens with two attached hydrogens (primary N) is 1. The van der Waals surface area contributed by atoms with Crippen molar-refractivity contribution in [2.45, 2.75) is 26.4 Å². The Morgan fingerprint density at radius 2 is 1.65 bits per heavy atom. The molecule has 0 fully saturated rings. The van der Waals surface area contributed by atoms with Gasteiger partial charge < -0.3 is 20.5 Å². The first kappa shape index (κ1) is 19.1. The molecule has 2 amide bonds. The van der Waals surface area contributed by atoms with Crippen LogP contribution in [-0.4, -0.2) is 24.7 Å². The van der Waals surface area contributed by atoms with Gasteiger partial charge in [-0.3, -0.25) is 10.1 Å². The second-order valence-corrected chi connectivity index (χ2v) is 6.61. The number of nitrogens with one attached hydrogen (secondary N) is 2. The minimum atomic E-state index is -0.608.